The first-order valence-electron chi connectivity index (χ1n) is 4.05. The smallest absolute Gasteiger partial charge is 0.154 e. The van der Waals surface area contributed by atoms with Gasteiger partial charge in [-0.3, -0.25) is 15.0 Å². The number of thioether (sulfide) groups is 1. The van der Waals surface area contributed by atoms with Gasteiger partial charge in [-0.2, -0.15) is 0 Å². The zero-order chi connectivity index (χ0) is 9.10. The van der Waals surface area contributed by atoms with Crippen molar-refractivity contribution in [2.75, 3.05) is 5.75 Å². The van der Waals surface area contributed by atoms with Gasteiger partial charge in [0.15, 0.2) is 5.17 Å². The molecule has 0 saturated heterocycles. The molecule has 1 aromatic heterocycles. The van der Waals surface area contributed by atoms with Gasteiger partial charge in [-0.25, -0.2) is 0 Å². The van der Waals surface area contributed by atoms with Gasteiger partial charge in [-0.05, 0) is 0 Å². The van der Waals surface area contributed by atoms with Gasteiger partial charge in [0, 0.05) is 30.8 Å². The van der Waals surface area contributed by atoms with E-state index in [0.29, 0.717) is 5.17 Å². The average molecular weight is 267 g/mol. The maximum absolute atomic E-state index is 5.56. The molecule has 0 spiro atoms. The van der Waals surface area contributed by atoms with Crippen molar-refractivity contribution < 1.29 is 0 Å². The first-order chi connectivity index (χ1) is 6.34. The van der Waals surface area contributed by atoms with E-state index in [4.69, 9.17) is 5.73 Å². The highest BCUT2D eigenvalue weighted by atomic mass is 35.5. The van der Waals surface area contributed by atoms with Gasteiger partial charge in [-0.15, -0.1) is 24.8 Å². The molecule has 1 aliphatic rings. The summed E-state index contributed by atoms with van der Waals surface area (Å²) in [6.45, 7) is 0. The van der Waals surface area contributed by atoms with Crippen LogP contribution in [-0.2, 0) is 6.42 Å². The zero-order valence-corrected chi connectivity index (χ0v) is 10.3. The maximum Gasteiger partial charge on any atom is 0.154 e. The van der Waals surface area contributed by atoms with Crippen LogP contribution in [0.15, 0.2) is 23.6 Å². The quantitative estimate of drug-likeness (QED) is 0.877. The molecule has 4 nitrogen and oxygen atoms in total. The van der Waals surface area contributed by atoms with E-state index in [1.54, 1.807) is 30.4 Å². The van der Waals surface area contributed by atoms with Gasteiger partial charge < -0.3 is 5.73 Å². The summed E-state index contributed by atoms with van der Waals surface area (Å²) in [6, 6.07) is 0.279. The monoisotopic (exact) mass is 266 g/mol. The van der Waals surface area contributed by atoms with Crippen LogP contribution in [0.3, 0.4) is 0 Å². The van der Waals surface area contributed by atoms with E-state index in [2.05, 4.69) is 15.0 Å². The normalized spacial score (nSPS) is 18.7. The third kappa shape index (κ3) is 4.24. The van der Waals surface area contributed by atoms with Crippen LogP contribution in [0, 0.1) is 0 Å². The van der Waals surface area contributed by atoms with Gasteiger partial charge in [-0.1, -0.05) is 11.8 Å². The Hall–Kier alpha value is -0.520. The molecule has 0 aliphatic carbocycles. The molecular formula is C8H12Cl2N4S. The number of aliphatic imine (C=N–C) groups is 1. The molecular weight excluding hydrogens is 255 g/mol. The molecule has 0 bridgehead atoms. The van der Waals surface area contributed by atoms with Crippen LogP contribution in [0.25, 0.3) is 0 Å². The van der Waals surface area contributed by atoms with Gasteiger partial charge in [0.25, 0.3) is 0 Å². The van der Waals surface area contributed by atoms with Gasteiger partial charge in [0.1, 0.15) is 0 Å². The van der Waals surface area contributed by atoms with Crippen LogP contribution in [0.2, 0.25) is 0 Å². The lowest BCUT2D eigenvalue weighted by Crippen LogP contribution is -2.09. The summed E-state index contributed by atoms with van der Waals surface area (Å²) in [5.74, 6) is 0.961. The Kier molecular flexibility index (Phi) is 6.63. The molecule has 2 heterocycles. The Bertz CT molecular complexity index is 320. The summed E-state index contributed by atoms with van der Waals surface area (Å²) in [5.41, 5.74) is 6.53. The summed E-state index contributed by atoms with van der Waals surface area (Å²) in [5, 5.41) is 0.689. The van der Waals surface area contributed by atoms with Crippen LogP contribution in [0.5, 0.6) is 0 Å². The molecule has 1 aliphatic heterocycles. The second kappa shape index (κ2) is 6.87. The molecule has 0 unspecified atom stereocenters. The highest BCUT2D eigenvalue weighted by molar-refractivity contribution is 8.14. The largest absolute Gasteiger partial charge is 0.379 e. The number of amidine groups is 1. The predicted octanol–water partition coefficient (Wildman–Crippen LogP) is 1.29. The standard InChI is InChI=1S/C8H10N4S.2ClH/c9-8-12-7(5-13-8)3-6-4-10-1-2-11-6;;/h1-2,4,7H,3,5H2,(H2,9,12);2*1H/t7-;;/m1../s1. The number of rotatable bonds is 2. The molecule has 0 aromatic carbocycles. The van der Waals surface area contributed by atoms with Crippen LogP contribution >= 0.6 is 36.6 Å². The molecule has 0 radical (unpaired) electrons. The first-order valence-corrected chi connectivity index (χ1v) is 5.04. The lowest BCUT2D eigenvalue weighted by molar-refractivity contribution is 0.740. The third-order valence-electron chi connectivity index (χ3n) is 1.79. The Morgan fingerprint density at radius 1 is 1.40 bits per heavy atom. The van der Waals surface area contributed by atoms with Crippen molar-refractivity contribution in [3.05, 3.63) is 24.3 Å². The van der Waals surface area contributed by atoms with Crippen molar-refractivity contribution in [1.82, 2.24) is 9.97 Å². The maximum atomic E-state index is 5.56. The Morgan fingerprint density at radius 3 is 2.73 bits per heavy atom. The number of nitrogens with two attached hydrogens (primary N) is 1. The van der Waals surface area contributed by atoms with Crippen LogP contribution < -0.4 is 5.73 Å². The van der Waals surface area contributed by atoms with Crippen molar-refractivity contribution in [1.29, 1.82) is 0 Å². The van der Waals surface area contributed by atoms with Crippen LogP contribution in [-0.4, -0.2) is 26.9 Å². The van der Waals surface area contributed by atoms with Gasteiger partial charge in [0.05, 0.1) is 11.7 Å². The molecule has 7 heteroatoms. The second-order valence-corrected chi connectivity index (χ2v) is 3.87. The second-order valence-electron chi connectivity index (χ2n) is 2.83. The number of hydrogen-bond donors (Lipinski definition) is 1. The summed E-state index contributed by atoms with van der Waals surface area (Å²) >= 11 is 1.60. The molecule has 84 valence electrons. The van der Waals surface area contributed by atoms with E-state index in [0.717, 1.165) is 17.9 Å². The summed E-state index contributed by atoms with van der Waals surface area (Å²) in [6.07, 6.45) is 5.98. The van der Waals surface area contributed by atoms with E-state index in [9.17, 15) is 0 Å². The topological polar surface area (TPSA) is 64.2 Å². The van der Waals surface area contributed by atoms with Crippen molar-refractivity contribution in [3.63, 3.8) is 0 Å². The molecule has 0 fully saturated rings. The predicted molar refractivity (Wildman–Crippen MR) is 68.1 cm³/mol. The Morgan fingerprint density at radius 2 is 2.20 bits per heavy atom. The van der Waals surface area contributed by atoms with E-state index >= 15 is 0 Å². The number of halogens is 2. The number of hydrogen-bond acceptors (Lipinski definition) is 5. The van der Waals surface area contributed by atoms with Crippen molar-refractivity contribution in [2.24, 2.45) is 10.7 Å². The Balaban J connectivity index is 0.000000980. The molecule has 15 heavy (non-hydrogen) atoms. The summed E-state index contributed by atoms with van der Waals surface area (Å²) < 4.78 is 0. The lowest BCUT2D eigenvalue weighted by Gasteiger charge is -2.02. The molecule has 2 N–H and O–H groups in total. The van der Waals surface area contributed by atoms with Crippen molar-refractivity contribution in [2.45, 2.75) is 12.5 Å². The SMILES string of the molecule is Cl.Cl.NC1=N[C@H](Cc2cnccn2)CS1. The molecule has 0 saturated carbocycles. The highest BCUT2D eigenvalue weighted by Gasteiger charge is 2.16. The van der Waals surface area contributed by atoms with Crippen molar-refractivity contribution >= 4 is 41.7 Å². The highest BCUT2D eigenvalue weighted by Crippen LogP contribution is 2.17. The van der Waals surface area contributed by atoms with Gasteiger partial charge >= 0.3 is 0 Å². The van der Waals surface area contributed by atoms with E-state index in [1.807, 2.05) is 0 Å². The molecule has 2 rings (SSSR count). The lowest BCUT2D eigenvalue weighted by atomic mass is 10.2. The van der Waals surface area contributed by atoms with E-state index in [-0.39, 0.29) is 30.9 Å². The average Bonchev–Trinajstić information content (AvgIpc) is 2.53. The molecule has 0 amide bonds. The third-order valence-corrected chi connectivity index (χ3v) is 2.75. The molecule has 1 atom stereocenters. The fourth-order valence-corrected chi connectivity index (χ4v) is 2.00. The summed E-state index contributed by atoms with van der Waals surface area (Å²) in [4.78, 5) is 12.5. The minimum atomic E-state index is 0. The Labute approximate surface area is 105 Å². The van der Waals surface area contributed by atoms with Gasteiger partial charge in [0.2, 0.25) is 0 Å². The molecule has 1 aromatic rings. The van der Waals surface area contributed by atoms with Crippen molar-refractivity contribution in [3.8, 4) is 0 Å². The van der Waals surface area contributed by atoms with Crippen LogP contribution in [0.4, 0.5) is 0 Å². The minimum absolute atomic E-state index is 0. The summed E-state index contributed by atoms with van der Waals surface area (Å²) in [7, 11) is 0. The number of aromatic nitrogens is 2. The number of nitrogens with zero attached hydrogens (tertiary/aromatic N) is 3. The fourth-order valence-electron chi connectivity index (χ4n) is 1.22. The fraction of sp³-hybridized carbons (Fsp3) is 0.375. The minimum Gasteiger partial charge on any atom is -0.379 e. The van der Waals surface area contributed by atoms with Crippen LogP contribution in [0.1, 0.15) is 5.69 Å². The zero-order valence-electron chi connectivity index (χ0n) is 7.87. The first kappa shape index (κ1) is 14.5. The van der Waals surface area contributed by atoms with E-state index in [1.165, 1.54) is 0 Å². The van der Waals surface area contributed by atoms with E-state index < -0.39 is 0 Å².